The Hall–Kier alpha value is -4.26. The van der Waals surface area contributed by atoms with Crippen molar-refractivity contribution in [2.45, 2.75) is 6.42 Å². The molecule has 1 aliphatic heterocycles. The number of nitrogens with zero attached hydrogens (tertiary/aromatic N) is 1. The number of hydrogen-bond donors (Lipinski definition) is 1. The van der Waals surface area contributed by atoms with Crippen LogP contribution in [0.25, 0.3) is 17.0 Å². The Morgan fingerprint density at radius 2 is 1.55 bits per heavy atom. The highest BCUT2D eigenvalue weighted by Crippen LogP contribution is 2.30. The van der Waals surface area contributed by atoms with Crippen LogP contribution in [-0.4, -0.2) is 28.3 Å². The minimum absolute atomic E-state index is 0.213. The summed E-state index contributed by atoms with van der Waals surface area (Å²) in [7, 11) is 0. The molecule has 1 aliphatic rings. The number of amides is 1. The van der Waals surface area contributed by atoms with E-state index in [1.165, 1.54) is 48.5 Å². The van der Waals surface area contributed by atoms with Crippen molar-refractivity contribution < 1.29 is 23.1 Å². The summed E-state index contributed by atoms with van der Waals surface area (Å²) < 4.78 is 31.8. The van der Waals surface area contributed by atoms with Gasteiger partial charge in [-0.05, 0) is 84.8 Å². The second kappa shape index (κ2) is 8.35. The molecule has 1 amide bonds. The van der Waals surface area contributed by atoms with Gasteiger partial charge in [-0.3, -0.25) is 4.79 Å². The zero-order valence-electron chi connectivity index (χ0n) is 17.3. The van der Waals surface area contributed by atoms with E-state index in [1.807, 2.05) is 12.1 Å². The molecule has 7 heteroatoms. The van der Waals surface area contributed by atoms with Crippen LogP contribution in [0.1, 0.15) is 32.0 Å². The van der Waals surface area contributed by atoms with Crippen LogP contribution in [-0.2, 0) is 6.42 Å². The number of ether oxygens (including phenoxy) is 1. The lowest BCUT2D eigenvalue weighted by Gasteiger charge is -2.17. The lowest BCUT2D eigenvalue weighted by Crippen LogP contribution is -2.27. The molecule has 33 heavy (non-hydrogen) atoms. The van der Waals surface area contributed by atoms with Gasteiger partial charge >= 0.3 is 5.97 Å². The smallest absolute Gasteiger partial charge is 0.343 e. The Kier molecular flexibility index (Phi) is 5.22. The van der Waals surface area contributed by atoms with Gasteiger partial charge in [0.05, 0.1) is 5.56 Å². The average molecular weight is 444 g/mol. The first kappa shape index (κ1) is 20.6. The van der Waals surface area contributed by atoms with Gasteiger partial charge in [0, 0.05) is 34.9 Å². The van der Waals surface area contributed by atoms with E-state index < -0.39 is 17.6 Å². The molecule has 5 rings (SSSR count). The lowest BCUT2D eigenvalue weighted by atomic mass is 10.1. The van der Waals surface area contributed by atoms with Crippen LogP contribution in [0.3, 0.4) is 0 Å². The first-order valence-electron chi connectivity index (χ1n) is 10.3. The van der Waals surface area contributed by atoms with Crippen molar-refractivity contribution in [3.8, 4) is 5.75 Å². The van der Waals surface area contributed by atoms with Gasteiger partial charge in [-0.15, -0.1) is 0 Å². The molecule has 0 aliphatic carbocycles. The maximum Gasteiger partial charge on any atom is 0.343 e. The molecule has 164 valence electrons. The van der Waals surface area contributed by atoms with E-state index in [-0.39, 0.29) is 11.5 Å². The third-order valence-corrected chi connectivity index (χ3v) is 5.58. The highest BCUT2D eigenvalue weighted by Gasteiger charge is 2.20. The summed E-state index contributed by atoms with van der Waals surface area (Å²) in [4.78, 5) is 30.1. The summed E-state index contributed by atoms with van der Waals surface area (Å²) >= 11 is 0. The monoisotopic (exact) mass is 444 g/mol. The number of esters is 1. The van der Waals surface area contributed by atoms with Crippen LogP contribution in [0.4, 0.5) is 8.78 Å². The molecule has 0 atom stereocenters. The normalized spacial score (nSPS) is 13.0. The number of benzene rings is 3. The molecular weight excluding hydrogens is 426 g/mol. The maximum atomic E-state index is 13.2. The molecule has 4 aromatic rings. The summed E-state index contributed by atoms with van der Waals surface area (Å²) in [6.07, 6.45) is 4.11. The van der Waals surface area contributed by atoms with Gasteiger partial charge in [0.1, 0.15) is 17.4 Å². The Morgan fingerprint density at radius 1 is 0.879 bits per heavy atom. The molecule has 3 aromatic carbocycles. The van der Waals surface area contributed by atoms with Gasteiger partial charge in [-0.2, -0.15) is 0 Å². The fourth-order valence-corrected chi connectivity index (χ4v) is 3.87. The summed E-state index contributed by atoms with van der Waals surface area (Å²) in [5.41, 5.74) is 3.40. The quantitative estimate of drug-likeness (QED) is 0.343. The summed E-state index contributed by atoms with van der Waals surface area (Å²) in [6, 6.07) is 15.9. The Morgan fingerprint density at radius 3 is 2.24 bits per heavy atom. The van der Waals surface area contributed by atoms with Crippen LogP contribution in [0.5, 0.6) is 5.75 Å². The molecule has 0 spiro atoms. The largest absolute Gasteiger partial charge is 0.423 e. The van der Waals surface area contributed by atoms with Gasteiger partial charge in [0.2, 0.25) is 0 Å². The fraction of sp³-hybridized carbons (Fsp3) is 0.0769. The summed E-state index contributed by atoms with van der Waals surface area (Å²) in [5, 5.41) is 0.884. The number of nitrogens with one attached hydrogen (secondary N) is 1. The van der Waals surface area contributed by atoms with Crippen molar-refractivity contribution in [3.05, 3.63) is 107 Å². The third kappa shape index (κ3) is 4.13. The molecule has 1 aromatic heterocycles. The number of carbonyl (C=O) groups excluding carboxylic acids is 2. The van der Waals surface area contributed by atoms with E-state index in [1.54, 1.807) is 23.2 Å². The summed E-state index contributed by atoms with van der Waals surface area (Å²) in [5.74, 6) is -1.24. The third-order valence-electron chi connectivity index (χ3n) is 5.58. The van der Waals surface area contributed by atoms with Crippen LogP contribution in [0.15, 0.2) is 72.9 Å². The summed E-state index contributed by atoms with van der Waals surface area (Å²) in [6.45, 7) is 0.437. The molecule has 0 radical (unpaired) electrons. The van der Waals surface area contributed by atoms with Crippen molar-refractivity contribution in [3.63, 3.8) is 0 Å². The van der Waals surface area contributed by atoms with E-state index in [4.69, 9.17) is 4.74 Å². The van der Waals surface area contributed by atoms with Crippen LogP contribution in [0.2, 0.25) is 0 Å². The second-order valence-corrected chi connectivity index (χ2v) is 7.69. The number of carbonyl (C=O) groups is 2. The number of aromatic amines is 1. The second-order valence-electron chi connectivity index (χ2n) is 7.69. The first-order valence-corrected chi connectivity index (χ1v) is 10.3. The van der Waals surface area contributed by atoms with Crippen molar-refractivity contribution in [1.29, 1.82) is 0 Å². The molecule has 0 bridgehead atoms. The minimum Gasteiger partial charge on any atom is -0.423 e. The highest BCUT2D eigenvalue weighted by molar-refractivity contribution is 5.96. The van der Waals surface area contributed by atoms with E-state index in [0.29, 0.717) is 24.3 Å². The highest BCUT2D eigenvalue weighted by atomic mass is 19.1. The van der Waals surface area contributed by atoms with E-state index in [2.05, 4.69) is 4.98 Å². The number of hydrogen-bond acceptors (Lipinski definition) is 3. The predicted molar refractivity (Wildman–Crippen MR) is 120 cm³/mol. The molecule has 0 unspecified atom stereocenters. The van der Waals surface area contributed by atoms with Crippen molar-refractivity contribution in [1.82, 2.24) is 9.88 Å². The van der Waals surface area contributed by atoms with Crippen molar-refractivity contribution in [2.75, 3.05) is 6.54 Å². The van der Waals surface area contributed by atoms with Gasteiger partial charge < -0.3 is 14.6 Å². The van der Waals surface area contributed by atoms with Crippen molar-refractivity contribution >= 4 is 28.9 Å². The fourth-order valence-electron chi connectivity index (χ4n) is 3.87. The number of fused-ring (bicyclic) bond motifs is 3. The topological polar surface area (TPSA) is 62.4 Å². The minimum atomic E-state index is -0.577. The molecule has 0 saturated heterocycles. The zero-order valence-corrected chi connectivity index (χ0v) is 17.3. The maximum absolute atomic E-state index is 13.2. The van der Waals surface area contributed by atoms with E-state index in [9.17, 15) is 18.4 Å². The molecule has 0 fully saturated rings. The van der Waals surface area contributed by atoms with Crippen LogP contribution in [0, 0.1) is 11.6 Å². The molecular formula is C26H18F2N2O3. The Bertz CT molecular complexity index is 1390. The lowest BCUT2D eigenvalue weighted by molar-refractivity contribution is 0.0734. The molecule has 5 nitrogen and oxygen atoms in total. The standard InChI is InChI=1S/C26H18F2N2O3/c27-18-5-1-16(2-6-18)25(31)30-13-11-21-22-15-20(9-10-23(22)29-24(21)12-14-30)33-26(32)17-3-7-19(28)8-4-17/h1-10,12,14-15,29H,11,13H2. The van der Waals surface area contributed by atoms with Gasteiger partial charge in [-0.25, -0.2) is 13.6 Å². The molecule has 1 N–H and O–H groups in total. The van der Waals surface area contributed by atoms with Crippen LogP contribution >= 0.6 is 0 Å². The van der Waals surface area contributed by atoms with E-state index in [0.717, 1.165) is 22.2 Å². The predicted octanol–water partition coefficient (Wildman–Crippen LogP) is 5.33. The SMILES string of the molecule is O=C(Oc1ccc2[nH]c3c(c2c1)CCN(C(=O)c1ccc(F)cc1)C=C3)c1ccc(F)cc1. The average Bonchev–Trinajstić information content (AvgIpc) is 3.02. The zero-order chi connectivity index (χ0) is 22.9. The number of aromatic nitrogens is 1. The van der Waals surface area contributed by atoms with Gasteiger partial charge in [0.25, 0.3) is 5.91 Å². The van der Waals surface area contributed by atoms with E-state index >= 15 is 0 Å². The Balaban J connectivity index is 1.37. The number of rotatable bonds is 3. The van der Waals surface area contributed by atoms with Crippen molar-refractivity contribution in [2.24, 2.45) is 0 Å². The van der Waals surface area contributed by atoms with Gasteiger partial charge in [0.15, 0.2) is 0 Å². The van der Waals surface area contributed by atoms with Crippen LogP contribution < -0.4 is 4.74 Å². The van der Waals surface area contributed by atoms with Gasteiger partial charge in [-0.1, -0.05) is 0 Å². The first-order chi connectivity index (χ1) is 16.0. The Labute approximate surface area is 187 Å². The molecule has 0 saturated carbocycles. The molecule has 2 heterocycles. The number of halogens is 2. The number of H-pyrrole nitrogens is 1.